The summed E-state index contributed by atoms with van der Waals surface area (Å²) in [6, 6.07) is 30.7. The van der Waals surface area contributed by atoms with Crippen molar-refractivity contribution in [1.82, 2.24) is 10.5 Å². The molecule has 2 atom stereocenters. The van der Waals surface area contributed by atoms with Crippen LogP contribution in [0.1, 0.15) is 135 Å². The molecule has 2 aliphatic carbocycles. The van der Waals surface area contributed by atoms with Gasteiger partial charge in [0.25, 0.3) is 0 Å². The normalized spacial score (nSPS) is 16.7. The standard InChI is InChI=1S/2C22H25.C6H11BN2O2.2ClH.Zr/c2*1-4-8-17-14-19-10-7-12-21(22(19)15-17)20-11-6-5-9-18(20)13-16(2)3;1-3-5(10)8-7-9-6(11)4-2;;;/h2*5-7,9-12,14-16H,4,8,13H2,1-3H3;3-4H2,1-2H3,(H-,8,9,10,11);2*1H;/q;;;;;+1/p-1. The number of fused-ring (bicyclic) bond motifs is 2. The average molecular weight is 896 g/mol. The van der Waals surface area contributed by atoms with Crippen molar-refractivity contribution in [2.45, 2.75) is 114 Å². The Morgan fingerprint density at radius 3 is 1.33 bits per heavy atom. The second-order valence-corrected chi connectivity index (χ2v) is 38.8. The number of carbonyl (C=O) groups excluding carboxylic acids is 2. The topological polar surface area (TPSA) is 58.2 Å². The SMILES string of the molecule is CCCC1=Cc2c(-c3ccccc3CC(C)C)cccc2[CH]1[Zr]([Cl])([Cl])([B](NC(=O)CC)NC(=O)CC)[CH]1C(CCC)=Cc2c(-c3ccccc3CC(C)C)cccc21. The summed E-state index contributed by atoms with van der Waals surface area (Å²) in [6.45, 7) is 17.1. The molecule has 0 saturated heterocycles. The fraction of sp³-hybridized carbons (Fsp3) is 0.400. The first-order valence-electron chi connectivity index (χ1n) is 21.8. The summed E-state index contributed by atoms with van der Waals surface area (Å²) < 4.78 is -1.71. The molecule has 2 aliphatic rings. The van der Waals surface area contributed by atoms with Gasteiger partial charge in [-0.25, -0.2) is 0 Å². The van der Waals surface area contributed by atoms with Crippen molar-refractivity contribution < 1.29 is 25.8 Å². The Balaban J connectivity index is 1.69. The monoisotopic (exact) mass is 893 g/mol. The van der Waals surface area contributed by atoms with Crippen LogP contribution < -0.4 is 10.5 Å². The zero-order chi connectivity index (χ0) is 41.8. The number of halogens is 2. The van der Waals surface area contributed by atoms with Crippen molar-refractivity contribution in [3.8, 4) is 22.3 Å². The Labute approximate surface area is 356 Å². The van der Waals surface area contributed by atoms with Crippen LogP contribution in [-0.4, -0.2) is 16.3 Å². The van der Waals surface area contributed by atoms with Crippen LogP contribution in [0, 0.1) is 11.8 Å². The van der Waals surface area contributed by atoms with Gasteiger partial charge in [-0.15, -0.1) is 0 Å². The molecule has 0 heterocycles. The zero-order valence-corrected chi connectivity index (χ0v) is 39.8. The third-order valence-corrected chi connectivity index (χ3v) is 32.1. The second kappa shape index (κ2) is 18.6. The molecule has 0 radical (unpaired) electrons. The molecule has 0 aromatic heterocycles. The molecule has 2 amide bonds. The van der Waals surface area contributed by atoms with Gasteiger partial charge < -0.3 is 0 Å². The Morgan fingerprint density at radius 2 is 0.966 bits per heavy atom. The molecule has 4 aromatic rings. The summed E-state index contributed by atoms with van der Waals surface area (Å²) in [4.78, 5) is 27.5. The molecule has 58 heavy (non-hydrogen) atoms. The van der Waals surface area contributed by atoms with Gasteiger partial charge in [0, 0.05) is 0 Å². The molecule has 2 unspecified atom stereocenters. The van der Waals surface area contributed by atoms with Gasteiger partial charge in [0.1, 0.15) is 0 Å². The third kappa shape index (κ3) is 8.55. The van der Waals surface area contributed by atoms with Gasteiger partial charge >= 0.3 is 359 Å². The van der Waals surface area contributed by atoms with Crippen molar-refractivity contribution in [2.24, 2.45) is 11.8 Å². The van der Waals surface area contributed by atoms with E-state index in [4.69, 9.17) is 17.0 Å². The number of amides is 2. The fourth-order valence-electron chi connectivity index (χ4n) is 9.85. The van der Waals surface area contributed by atoms with Crippen molar-refractivity contribution in [3.63, 3.8) is 0 Å². The molecular weight excluding hydrogens is 834 g/mol. The van der Waals surface area contributed by atoms with Crippen LogP contribution in [0.4, 0.5) is 0 Å². The molecule has 6 rings (SSSR count). The van der Waals surface area contributed by atoms with E-state index in [0.29, 0.717) is 11.8 Å². The van der Waals surface area contributed by atoms with E-state index in [1.165, 1.54) is 44.5 Å². The van der Waals surface area contributed by atoms with Crippen LogP contribution in [0.5, 0.6) is 0 Å². The predicted molar refractivity (Wildman–Crippen MR) is 246 cm³/mol. The Hall–Kier alpha value is -3.17. The van der Waals surface area contributed by atoms with E-state index >= 15 is 0 Å². The fourth-order valence-corrected chi connectivity index (χ4v) is 30.6. The number of benzene rings is 4. The number of hydrogen-bond acceptors (Lipinski definition) is 2. The van der Waals surface area contributed by atoms with E-state index in [1.54, 1.807) is 0 Å². The van der Waals surface area contributed by atoms with Crippen molar-refractivity contribution in [2.75, 3.05) is 0 Å². The third-order valence-electron chi connectivity index (χ3n) is 12.2. The van der Waals surface area contributed by atoms with Crippen molar-refractivity contribution >= 4 is 45.5 Å². The Bertz CT molecular complexity index is 2080. The summed E-state index contributed by atoms with van der Waals surface area (Å²) >= 11 is -6.01. The number of nitrogens with one attached hydrogen (secondary N) is 2. The minimum absolute atomic E-state index is 0.186. The minimum atomic E-state index is -6.01. The summed E-state index contributed by atoms with van der Waals surface area (Å²) in [5, 5.41) is 6.62. The molecule has 0 spiro atoms. The summed E-state index contributed by atoms with van der Waals surface area (Å²) in [7, 11) is 17.9. The maximum atomic E-state index is 13.8. The molecular formula is C50H62BCl2N2O2Zr. The molecule has 0 bridgehead atoms. The van der Waals surface area contributed by atoms with E-state index < -0.39 is 20.7 Å². The summed E-state index contributed by atoms with van der Waals surface area (Å²) in [5.74, 6) is 0.616. The molecule has 0 aliphatic heterocycles. The first-order chi connectivity index (χ1) is 27.8. The molecule has 0 fully saturated rings. The number of allylic oxidation sites excluding steroid dienone is 2. The van der Waals surface area contributed by atoms with E-state index in [-0.39, 0.29) is 31.9 Å². The van der Waals surface area contributed by atoms with Gasteiger partial charge in [-0.2, -0.15) is 0 Å². The maximum absolute atomic E-state index is 13.8. The van der Waals surface area contributed by atoms with Crippen LogP contribution in [0.2, 0.25) is 0 Å². The molecule has 305 valence electrons. The van der Waals surface area contributed by atoms with Crippen molar-refractivity contribution in [1.29, 1.82) is 0 Å². The van der Waals surface area contributed by atoms with E-state index in [2.05, 4.69) is 149 Å². The Kier molecular flexibility index (Phi) is 14.2. The van der Waals surface area contributed by atoms with Crippen LogP contribution >= 0.6 is 17.0 Å². The van der Waals surface area contributed by atoms with E-state index in [9.17, 15) is 9.59 Å². The van der Waals surface area contributed by atoms with Crippen LogP contribution in [0.3, 0.4) is 0 Å². The predicted octanol–water partition coefficient (Wildman–Crippen LogP) is 13.6. The first kappa shape index (κ1) is 44.4. The summed E-state index contributed by atoms with van der Waals surface area (Å²) in [6.07, 6.45) is 10.5. The van der Waals surface area contributed by atoms with Crippen LogP contribution in [0.25, 0.3) is 34.4 Å². The molecule has 4 aromatic carbocycles. The quantitative estimate of drug-likeness (QED) is 0.104. The van der Waals surface area contributed by atoms with Gasteiger partial charge in [-0.05, 0) is 0 Å². The van der Waals surface area contributed by atoms with E-state index in [0.717, 1.165) is 60.8 Å². The number of hydrogen-bond donors (Lipinski definition) is 2. The molecule has 4 nitrogen and oxygen atoms in total. The second-order valence-electron chi connectivity index (χ2n) is 17.4. The number of carbonyl (C=O) groups is 2. The molecule has 2 N–H and O–H groups in total. The molecule has 0 saturated carbocycles. The summed E-state index contributed by atoms with van der Waals surface area (Å²) in [5.41, 5.74) is 14.3. The van der Waals surface area contributed by atoms with Crippen LogP contribution in [-0.2, 0) is 38.6 Å². The van der Waals surface area contributed by atoms with Gasteiger partial charge in [0.2, 0.25) is 0 Å². The molecule has 8 heteroatoms. The number of rotatable bonds is 17. The van der Waals surface area contributed by atoms with Gasteiger partial charge in [0.05, 0.1) is 0 Å². The van der Waals surface area contributed by atoms with E-state index in [1.807, 2.05) is 13.8 Å². The van der Waals surface area contributed by atoms with Crippen LogP contribution in [0.15, 0.2) is 96.1 Å². The average Bonchev–Trinajstić information content (AvgIpc) is 3.77. The van der Waals surface area contributed by atoms with Gasteiger partial charge in [0.15, 0.2) is 0 Å². The first-order valence-corrected chi connectivity index (χ1v) is 32.3. The Morgan fingerprint density at radius 1 is 0.586 bits per heavy atom. The zero-order valence-electron chi connectivity index (χ0n) is 35.9. The van der Waals surface area contributed by atoms with Gasteiger partial charge in [-0.3, -0.25) is 0 Å². The van der Waals surface area contributed by atoms with Crippen molar-refractivity contribution in [3.05, 3.63) is 129 Å². The van der Waals surface area contributed by atoms with Gasteiger partial charge in [-0.1, -0.05) is 0 Å².